The summed E-state index contributed by atoms with van der Waals surface area (Å²) in [4.78, 5) is 1.65. The fourth-order valence-electron chi connectivity index (χ4n) is 2.95. The van der Waals surface area contributed by atoms with Gasteiger partial charge in [-0.3, -0.25) is 4.90 Å². The minimum absolute atomic E-state index is 0.190. The van der Waals surface area contributed by atoms with Crippen LogP contribution in [0.3, 0.4) is 0 Å². The monoisotopic (exact) mass is 250 g/mol. The van der Waals surface area contributed by atoms with Crippen molar-refractivity contribution in [2.24, 2.45) is 5.92 Å². The van der Waals surface area contributed by atoms with Crippen LogP contribution in [-0.2, 0) is 0 Å². The second-order valence-electron chi connectivity index (χ2n) is 5.36. The molecular formula is C12H21F3N2. The minimum atomic E-state index is -4.06. The maximum atomic E-state index is 12.5. The van der Waals surface area contributed by atoms with Gasteiger partial charge in [0.25, 0.3) is 0 Å². The zero-order chi connectivity index (χ0) is 12.5. The van der Waals surface area contributed by atoms with Gasteiger partial charge in [0.1, 0.15) is 0 Å². The van der Waals surface area contributed by atoms with Gasteiger partial charge in [-0.25, -0.2) is 0 Å². The molecular weight excluding hydrogens is 229 g/mol. The lowest BCUT2D eigenvalue weighted by atomic mass is 10.0. The van der Waals surface area contributed by atoms with Crippen molar-refractivity contribution in [2.45, 2.75) is 50.4 Å². The molecule has 17 heavy (non-hydrogen) atoms. The molecule has 0 radical (unpaired) electrons. The summed E-state index contributed by atoms with van der Waals surface area (Å²) in [5, 5.41) is 3.23. The summed E-state index contributed by atoms with van der Waals surface area (Å²) in [6.45, 7) is -0.125. The molecule has 0 saturated heterocycles. The van der Waals surface area contributed by atoms with E-state index in [1.54, 1.807) is 4.90 Å². The van der Waals surface area contributed by atoms with Crippen LogP contribution in [0.5, 0.6) is 0 Å². The maximum Gasteiger partial charge on any atom is 0.401 e. The number of alkyl halides is 3. The number of rotatable bonds is 5. The van der Waals surface area contributed by atoms with Gasteiger partial charge in [-0.2, -0.15) is 13.2 Å². The highest BCUT2D eigenvalue weighted by Gasteiger charge is 2.40. The third-order valence-corrected chi connectivity index (χ3v) is 3.94. The normalized spacial score (nSPS) is 30.2. The van der Waals surface area contributed by atoms with Crippen LogP contribution in [-0.4, -0.2) is 43.3 Å². The molecule has 0 aliphatic heterocycles. The van der Waals surface area contributed by atoms with Crippen molar-refractivity contribution in [1.82, 2.24) is 10.2 Å². The Morgan fingerprint density at radius 2 is 1.88 bits per heavy atom. The van der Waals surface area contributed by atoms with E-state index in [0.29, 0.717) is 18.5 Å². The summed E-state index contributed by atoms with van der Waals surface area (Å²) in [6, 6.07) is 0.596. The van der Waals surface area contributed by atoms with E-state index >= 15 is 0 Å². The van der Waals surface area contributed by atoms with E-state index in [0.717, 1.165) is 32.1 Å². The molecule has 2 fully saturated rings. The molecule has 100 valence electrons. The van der Waals surface area contributed by atoms with Crippen molar-refractivity contribution < 1.29 is 13.2 Å². The molecule has 2 aliphatic rings. The fourth-order valence-corrected chi connectivity index (χ4v) is 2.95. The Morgan fingerprint density at radius 3 is 2.41 bits per heavy atom. The van der Waals surface area contributed by atoms with E-state index in [-0.39, 0.29) is 6.04 Å². The summed E-state index contributed by atoms with van der Waals surface area (Å²) >= 11 is 0. The third kappa shape index (κ3) is 3.85. The first-order valence-corrected chi connectivity index (χ1v) is 6.47. The molecule has 2 atom stereocenters. The lowest BCUT2D eigenvalue weighted by Crippen LogP contribution is -2.42. The summed E-state index contributed by atoms with van der Waals surface area (Å²) in [5.41, 5.74) is 0. The van der Waals surface area contributed by atoms with Gasteiger partial charge < -0.3 is 5.32 Å². The highest BCUT2D eigenvalue weighted by Crippen LogP contribution is 2.34. The van der Waals surface area contributed by atoms with Gasteiger partial charge in [-0.05, 0) is 38.6 Å². The Hall–Kier alpha value is -0.290. The average molecular weight is 250 g/mol. The zero-order valence-electron chi connectivity index (χ0n) is 10.3. The fraction of sp³-hybridized carbons (Fsp3) is 1.00. The molecule has 0 heterocycles. The highest BCUT2D eigenvalue weighted by molar-refractivity contribution is 4.91. The van der Waals surface area contributed by atoms with Gasteiger partial charge in [-0.15, -0.1) is 0 Å². The molecule has 2 unspecified atom stereocenters. The molecule has 0 aromatic carbocycles. The van der Waals surface area contributed by atoms with Crippen molar-refractivity contribution in [3.63, 3.8) is 0 Å². The molecule has 0 amide bonds. The number of nitrogens with one attached hydrogen (secondary N) is 1. The average Bonchev–Trinajstić information content (AvgIpc) is 2.97. The Bertz CT molecular complexity index is 251. The third-order valence-electron chi connectivity index (χ3n) is 3.94. The molecule has 1 N–H and O–H groups in total. The molecule has 0 aromatic heterocycles. The smallest absolute Gasteiger partial charge is 0.317 e. The highest BCUT2D eigenvalue weighted by atomic mass is 19.4. The minimum Gasteiger partial charge on any atom is -0.317 e. The first-order chi connectivity index (χ1) is 7.99. The van der Waals surface area contributed by atoms with Crippen molar-refractivity contribution in [3.05, 3.63) is 0 Å². The van der Waals surface area contributed by atoms with Crippen molar-refractivity contribution in [3.8, 4) is 0 Å². The second kappa shape index (κ2) is 5.14. The summed E-state index contributed by atoms with van der Waals surface area (Å²) in [7, 11) is 1.91. The molecule has 2 aliphatic carbocycles. The predicted molar refractivity (Wildman–Crippen MR) is 60.8 cm³/mol. The Labute approximate surface area is 101 Å². The predicted octanol–water partition coefficient (Wildman–Crippen LogP) is 2.40. The number of hydrogen-bond acceptors (Lipinski definition) is 2. The molecule has 2 nitrogen and oxygen atoms in total. The van der Waals surface area contributed by atoms with Gasteiger partial charge in [0.05, 0.1) is 6.54 Å². The SMILES string of the molecule is CNC1CCCC1CN(CC(F)(F)F)C1CC1. The van der Waals surface area contributed by atoms with Crippen molar-refractivity contribution in [2.75, 3.05) is 20.1 Å². The quantitative estimate of drug-likeness (QED) is 0.806. The standard InChI is InChI=1S/C12H21F3N2/c1-16-11-4-2-3-9(11)7-17(10-5-6-10)8-12(13,14)15/h9-11,16H,2-8H2,1H3. The van der Waals surface area contributed by atoms with E-state index in [9.17, 15) is 13.2 Å². The molecule has 0 aromatic rings. The summed E-state index contributed by atoms with van der Waals surface area (Å²) in [6.07, 6.45) is 1.12. The van der Waals surface area contributed by atoms with E-state index in [4.69, 9.17) is 0 Å². The number of halogens is 3. The van der Waals surface area contributed by atoms with Crippen LogP contribution in [0.25, 0.3) is 0 Å². The van der Waals surface area contributed by atoms with Gasteiger partial charge in [-0.1, -0.05) is 6.42 Å². The van der Waals surface area contributed by atoms with Crippen LogP contribution in [0.1, 0.15) is 32.1 Å². The number of hydrogen-bond donors (Lipinski definition) is 1. The Morgan fingerprint density at radius 1 is 1.18 bits per heavy atom. The summed E-state index contributed by atoms with van der Waals surface area (Å²) < 4.78 is 37.5. The van der Waals surface area contributed by atoms with Gasteiger partial charge in [0, 0.05) is 18.6 Å². The zero-order valence-corrected chi connectivity index (χ0v) is 10.3. The maximum absolute atomic E-state index is 12.5. The topological polar surface area (TPSA) is 15.3 Å². The lowest BCUT2D eigenvalue weighted by molar-refractivity contribution is -0.148. The molecule has 2 rings (SSSR count). The molecule has 5 heteroatoms. The van der Waals surface area contributed by atoms with Crippen LogP contribution in [0, 0.1) is 5.92 Å². The number of nitrogens with zero attached hydrogens (tertiary/aromatic N) is 1. The van der Waals surface area contributed by atoms with E-state index < -0.39 is 12.7 Å². The van der Waals surface area contributed by atoms with Gasteiger partial charge in [0.15, 0.2) is 0 Å². The lowest BCUT2D eigenvalue weighted by Gasteiger charge is -2.29. The van der Waals surface area contributed by atoms with Crippen molar-refractivity contribution >= 4 is 0 Å². The van der Waals surface area contributed by atoms with Crippen molar-refractivity contribution in [1.29, 1.82) is 0 Å². The van der Waals surface area contributed by atoms with E-state index in [1.807, 2.05) is 7.05 Å². The first kappa shape index (κ1) is 13.1. The van der Waals surface area contributed by atoms with Crippen LogP contribution in [0.2, 0.25) is 0 Å². The molecule has 0 bridgehead atoms. The Balaban J connectivity index is 1.88. The van der Waals surface area contributed by atoms with Crippen LogP contribution >= 0.6 is 0 Å². The van der Waals surface area contributed by atoms with Crippen LogP contribution < -0.4 is 5.32 Å². The van der Waals surface area contributed by atoms with Crippen LogP contribution in [0.15, 0.2) is 0 Å². The molecule has 0 spiro atoms. The second-order valence-corrected chi connectivity index (χ2v) is 5.36. The summed E-state index contributed by atoms with van der Waals surface area (Å²) in [5.74, 6) is 0.392. The first-order valence-electron chi connectivity index (χ1n) is 6.47. The Kier molecular flexibility index (Phi) is 3.98. The van der Waals surface area contributed by atoms with Gasteiger partial charge in [0.2, 0.25) is 0 Å². The molecule has 2 saturated carbocycles. The largest absolute Gasteiger partial charge is 0.401 e. The van der Waals surface area contributed by atoms with Gasteiger partial charge >= 0.3 is 6.18 Å². The van der Waals surface area contributed by atoms with Crippen LogP contribution in [0.4, 0.5) is 13.2 Å². The van der Waals surface area contributed by atoms with E-state index in [1.165, 1.54) is 0 Å². The van der Waals surface area contributed by atoms with E-state index in [2.05, 4.69) is 5.32 Å².